The summed E-state index contributed by atoms with van der Waals surface area (Å²) in [5, 5.41) is 0. The minimum Gasteiger partial charge on any atom is -0.329 e. The van der Waals surface area contributed by atoms with E-state index in [0.29, 0.717) is 28.4 Å². The van der Waals surface area contributed by atoms with E-state index in [-0.39, 0.29) is 6.04 Å². The molecule has 0 saturated carbocycles. The first-order valence-electron chi connectivity index (χ1n) is 7.38. The van der Waals surface area contributed by atoms with Crippen molar-refractivity contribution < 1.29 is 8.42 Å². The topological polar surface area (TPSA) is 63.4 Å². The lowest BCUT2D eigenvalue weighted by Gasteiger charge is -2.37. The fraction of sp³-hybridized carbons (Fsp3) is 0.600. The molecule has 1 saturated heterocycles. The van der Waals surface area contributed by atoms with Crippen LogP contribution in [0.5, 0.6) is 0 Å². The number of nitrogens with two attached hydrogens (primary N) is 1. The molecular weight excluding hydrogens is 352 g/mol. The number of hydrogen-bond donors (Lipinski definition) is 1. The van der Waals surface area contributed by atoms with E-state index in [2.05, 4.69) is 22.9 Å². The van der Waals surface area contributed by atoms with Gasteiger partial charge in [0.15, 0.2) is 0 Å². The van der Waals surface area contributed by atoms with Crippen molar-refractivity contribution in [1.82, 2.24) is 4.31 Å². The monoisotopic (exact) mass is 374 g/mol. The van der Waals surface area contributed by atoms with Crippen molar-refractivity contribution in [2.75, 3.05) is 13.1 Å². The number of sulfonamides is 1. The first kappa shape index (κ1) is 16.9. The smallest absolute Gasteiger partial charge is 0.244 e. The van der Waals surface area contributed by atoms with Gasteiger partial charge in [0, 0.05) is 23.6 Å². The standard InChI is InChI=1S/C15H23BrN2O2S/c1-3-12-6-7-18(13(9-12)10-17)21(19,20)15-5-4-11(2)8-14(15)16/h4-5,8,12-13H,3,6-7,9-10,17H2,1-2H3. The fourth-order valence-corrected chi connectivity index (χ4v) is 5.77. The van der Waals surface area contributed by atoms with E-state index in [1.54, 1.807) is 10.4 Å². The van der Waals surface area contributed by atoms with E-state index in [4.69, 9.17) is 5.73 Å². The van der Waals surface area contributed by atoms with Crippen molar-refractivity contribution in [2.24, 2.45) is 11.7 Å². The molecule has 1 fully saturated rings. The van der Waals surface area contributed by atoms with Crippen LogP contribution in [0.4, 0.5) is 0 Å². The maximum absolute atomic E-state index is 12.9. The Hall–Kier alpha value is -0.430. The van der Waals surface area contributed by atoms with Crippen LogP contribution in [0.1, 0.15) is 31.7 Å². The van der Waals surface area contributed by atoms with Gasteiger partial charge in [-0.05, 0) is 59.3 Å². The van der Waals surface area contributed by atoms with Crippen LogP contribution < -0.4 is 5.73 Å². The van der Waals surface area contributed by atoms with Crippen LogP contribution in [-0.2, 0) is 10.0 Å². The van der Waals surface area contributed by atoms with Crippen molar-refractivity contribution in [1.29, 1.82) is 0 Å². The average molecular weight is 375 g/mol. The minimum atomic E-state index is -3.50. The number of benzene rings is 1. The molecule has 118 valence electrons. The molecular formula is C15H23BrN2O2S. The third-order valence-corrected chi connectivity index (χ3v) is 7.22. The van der Waals surface area contributed by atoms with Gasteiger partial charge in [-0.1, -0.05) is 19.4 Å². The lowest BCUT2D eigenvalue weighted by molar-refractivity contribution is 0.197. The van der Waals surface area contributed by atoms with E-state index < -0.39 is 10.0 Å². The molecule has 0 spiro atoms. The van der Waals surface area contributed by atoms with Gasteiger partial charge in [0.25, 0.3) is 0 Å². The van der Waals surface area contributed by atoms with Crippen molar-refractivity contribution >= 4 is 26.0 Å². The summed E-state index contributed by atoms with van der Waals surface area (Å²) in [6.07, 6.45) is 2.85. The van der Waals surface area contributed by atoms with Crippen molar-refractivity contribution in [2.45, 2.75) is 44.0 Å². The lowest BCUT2D eigenvalue weighted by atomic mass is 9.90. The van der Waals surface area contributed by atoms with Crippen molar-refractivity contribution in [3.63, 3.8) is 0 Å². The van der Waals surface area contributed by atoms with Crippen LogP contribution in [-0.4, -0.2) is 31.9 Å². The molecule has 2 rings (SSSR count). The maximum Gasteiger partial charge on any atom is 0.244 e. The summed E-state index contributed by atoms with van der Waals surface area (Å²) in [7, 11) is -3.50. The molecule has 1 aliphatic heterocycles. The molecule has 0 amide bonds. The molecule has 0 bridgehead atoms. The molecule has 2 N–H and O–H groups in total. The van der Waals surface area contributed by atoms with E-state index in [0.717, 1.165) is 24.8 Å². The second-order valence-electron chi connectivity index (χ2n) is 5.74. The van der Waals surface area contributed by atoms with Gasteiger partial charge in [-0.25, -0.2) is 8.42 Å². The van der Waals surface area contributed by atoms with Gasteiger partial charge in [0.1, 0.15) is 0 Å². The van der Waals surface area contributed by atoms with E-state index in [1.165, 1.54) is 0 Å². The first-order valence-corrected chi connectivity index (χ1v) is 9.61. The Labute approximate surface area is 135 Å². The van der Waals surface area contributed by atoms with Gasteiger partial charge in [-0.2, -0.15) is 4.31 Å². The number of hydrogen-bond acceptors (Lipinski definition) is 3. The molecule has 2 unspecified atom stereocenters. The fourth-order valence-electron chi connectivity index (χ4n) is 2.95. The van der Waals surface area contributed by atoms with E-state index >= 15 is 0 Å². The first-order chi connectivity index (χ1) is 9.90. The summed E-state index contributed by atoms with van der Waals surface area (Å²) >= 11 is 3.38. The van der Waals surface area contributed by atoms with Gasteiger partial charge in [-0.3, -0.25) is 0 Å². The molecule has 0 aliphatic carbocycles. The predicted molar refractivity (Wildman–Crippen MR) is 88.6 cm³/mol. The molecule has 0 radical (unpaired) electrons. The molecule has 1 heterocycles. The number of rotatable bonds is 4. The largest absolute Gasteiger partial charge is 0.329 e. The minimum absolute atomic E-state index is 0.0955. The molecule has 2 atom stereocenters. The van der Waals surface area contributed by atoms with Crippen molar-refractivity contribution in [3.8, 4) is 0 Å². The average Bonchev–Trinajstić information content (AvgIpc) is 2.46. The molecule has 1 aliphatic rings. The third kappa shape index (κ3) is 3.50. The molecule has 21 heavy (non-hydrogen) atoms. The number of nitrogens with zero attached hydrogens (tertiary/aromatic N) is 1. The van der Waals surface area contributed by atoms with Gasteiger partial charge in [0.05, 0.1) is 4.90 Å². The molecule has 0 aromatic heterocycles. The quantitative estimate of drug-likeness (QED) is 0.880. The highest BCUT2D eigenvalue weighted by atomic mass is 79.9. The zero-order valence-electron chi connectivity index (χ0n) is 12.5. The number of piperidine rings is 1. The summed E-state index contributed by atoms with van der Waals surface area (Å²) in [6.45, 7) is 5.03. The van der Waals surface area contributed by atoms with Crippen LogP contribution in [0.3, 0.4) is 0 Å². The van der Waals surface area contributed by atoms with Gasteiger partial charge in [0.2, 0.25) is 10.0 Å². The Morgan fingerprint density at radius 2 is 2.14 bits per heavy atom. The molecule has 1 aromatic rings. The Morgan fingerprint density at radius 1 is 1.43 bits per heavy atom. The summed E-state index contributed by atoms with van der Waals surface area (Å²) < 4.78 is 28.1. The second kappa shape index (κ2) is 6.77. The third-order valence-electron chi connectivity index (χ3n) is 4.29. The summed E-state index contributed by atoms with van der Waals surface area (Å²) in [6, 6.07) is 5.24. The normalized spacial score (nSPS) is 24.2. The SMILES string of the molecule is CCC1CCN(S(=O)(=O)c2ccc(C)cc2Br)C(CN)C1. The maximum atomic E-state index is 12.9. The number of aryl methyl sites for hydroxylation is 1. The molecule has 6 heteroatoms. The van der Waals surface area contributed by atoms with Crippen LogP contribution >= 0.6 is 15.9 Å². The molecule has 4 nitrogen and oxygen atoms in total. The van der Waals surface area contributed by atoms with E-state index in [1.807, 2.05) is 19.1 Å². The van der Waals surface area contributed by atoms with Crippen molar-refractivity contribution in [3.05, 3.63) is 28.2 Å². The van der Waals surface area contributed by atoms with Crippen LogP contribution in [0, 0.1) is 12.8 Å². The van der Waals surface area contributed by atoms with Gasteiger partial charge in [-0.15, -0.1) is 0 Å². The summed E-state index contributed by atoms with van der Waals surface area (Å²) in [4.78, 5) is 0.335. The molecule has 1 aromatic carbocycles. The zero-order valence-corrected chi connectivity index (χ0v) is 15.0. The summed E-state index contributed by atoms with van der Waals surface area (Å²) in [5.74, 6) is 0.575. The highest BCUT2D eigenvalue weighted by Crippen LogP contribution is 2.32. The van der Waals surface area contributed by atoms with E-state index in [9.17, 15) is 8.42 Å². The predicted octanol–water partition coefficient (Wildman–Crippen LogP) is 2.90. The zero-order chi connectivity index (χ0) is 15.6. The van der Waals surface area contributed by atoms with Gasteiger partial charge >= 0.3 is 0 Å². The number of halogens is 1. The second-order valence-corrected chi connectivity index (χ2v) is 8.45. The van der Waals surface area contributed by atoms with Gasteiger partial charge < -0.3 is 5.73 Å². The Bertz CT molecular complexity index is 604. The van der Waals surface area contributed by atoms with Crippen LogP contribution in [0.2, 0.25) is 0 Å². The van der Waals surface area contributed by atoms with Crippen LogP contribution in [0.25, 0.3) is 0 Å². The Kier molecular flexibility index (Phi) is 5.46. The van der Waals surface area contributed by atoms with Crippen LogP contribution in [0.15, 0.2) is 27.6 Å². The highest BCUT2D eigenvalue weighted by Gasteiger charge is 2.36. The Morgan fingerprint density at radius 3 is 2.71 bits per heavy atom. The highest BCUT2D eigenvalue weighted by molar-refractivity contribution is 9.10. The Balaban J connectivity index is 2.34. The lowest BCUT2D eigenvalue weighted by Crippen LogP contribution is -2.49. The summed E-state index contributed by atoms with van der Waals surface area (Å²) in [5.41, 5.74) is 6.86.